The van der Waals surface area contributed by atoms with Crippen molar-refractivity contribution in [1.82, 2.24) is 4.98 Å². The summed E-state index contributed by atoms with van der Waals surface area (Å²) in [6, 6.07) is 0. The van der Waals surface area contributed by atoms with E-state index in [1.54, 1.807) is 11.3 Å². The van der Waals surface area contributed by atoms with Gasteiger partial charge in [-0.15, -0.1) is 11.3 Å². The zero-order valence-corrected chi connectivity index (χ0v) is 10.3. The van der Waals surface area contributed by atoms with Crippen molar-refractivity contribution in [1.29, 1.82) is 0 Å². The molecular weight excluding hydrogens is 214 g/mol. The van der Waals surface area contributed by atoms with Crippen molar-refractivity contribution in [2.45, 2.75) is 31.9 Å². The Hall–Kier alpha value is -0.0600. The van der Waals surface area contributed by atoms with Crippen molar-refractivity contribution in [3.05, 3.63) is 16.1 Å². The number of thiazole rings is 1. The number of hydrogen-bond acceptors (Lipinski definition) is 4. The molecule has 2 nitrogen and oxygen atoms in total. The molecule has 0 bridgehead atoms. The van der Waals surface area contributed by atoms with E-state index in [1.165, 1.54) is 10.7 Å². The Kier molecular flexibility index (Phi) is 5.52. The fraction of sp³-hybridized carbons (Fsp3) is 0.700. The molecule has 1 N–H and O–H groups in total. The Labute approximate surface area is 93.8 Å². The lowest BCUT2D eigenvalue weighted by Crippen LogP contribution is -1.89. The summed E-state index contributed by atoms with van der Waals surface area (Å²) in [6.07, 6.45) is 0.881. The summed E-state index contributed by atoms with van der Waals surface area (Å²) in [6.45, 7) is 4.63. The predicted molar refractivity (Wildman–Crippen MR) is 64.1 cm³/mol. The van der Waals surface area contributed by atoms with Crippen molar-refractivity contribution < 1.29 is 5.11 Å². The summed E-state index contributed by atoms with van der Waals surface area (Å²) in [7, 11) is 0. The van der Waals surface area contributed by atoms with Gasteiger partial charge in [-0.1, -0.05) is 13.8 Å². The SMILES string of the molecule is CC(C)c1nc(CSCCCO)cs1. The summed E-state index contributed by atoms with van der Waals surface area (Å²) in [5.74, 6) is 2.53. The zero-order valence-electron chi connectivity index (χ0n) is 8.69. The van der Waals surface area contributed by atoms with E-state index in [1.807, 2.05) is 11.8 Å². The topological polar surface area (TPSA) is 33.1 Å². The zero-order chi connectivity index (χ0) is 10.4. The van der Waals surface area contributed by atoms with Crippen molar-refractivity contribution in [2.24, 2.45) is 0 Å². The van der Waals surface area contributed by atoms with Crippen LogP contribution in [-0.4, -0.2) is 22.5 Å². The standard InChI is InChI=1S/C10H17NOS2/c1-8(2)10-11-9(7-14-10)6-13-5-3-4-12/h7-8,12H,3-6H2,1-2H3. The first-order valence-corrected chi connectivity index (χ1v) is 6.90. The number of nitrogens with zero attached hydrogens (tertiary/aromatic N) is 1. The molecule has 4 heteroatoms. The Balaban J connectivity index is 2.29. The van der Waals surface area contributed by atoms with Crippen LogP contribution in [0.2, 0.25) is 0 Å². The van der Waals surface area contributed by atoms with Crippen LogP contribution >= 0.6 is 23.1 Å². The van der Waals surface area contributed by atoms with E-state index in [0.717, 1.165) is 17.9 Å². The van der Waals surface area contributed by atoms with Gasteiger partial charge < -0.3 is 5.11 Å². The van der Waals surface area contributed by atoms with Crippen molar-refractivity contribution >= 4 is 23.1 Å². The maximum absolute atomic E-state index is 8.61. The van der Waals surface area contributed by atoms with E-state index < -0.39 is 0 Å². The fourth-order valence-electron chi connectivity index (χ4n) is 0.997. The van der Waals surface area contributed by atoms with Gasteiger partial charge in [0.2, 0.25) is 0 Å². The van der Waals surface area contributed by atoms with Crippen molar-refractivity contribution in [2.75, 3.05) is 12.4 Å². The molecule has 1 heterocycles. The van der Waals surface area contributed by atoms with Gasteiger partial charge >= 0.3 is 0 Å². The summed E-state index contributed by atoms with van der Waals surface area (Å²) in [5.41, 5.74) is 1.18. The smallest absolute Gasteiger partial charge is 0.0954 e. The predicted octanol–water partition coefficient (Wildman–Crippen LogP) is 2.88. The number of thioether (sulfide) groups is 1. The van der Waals surface area contributed by atoms with Crippen LogP contribution < -0.4 is 0 Å². The van der Waals surface area contributed by atoms with E-state index in [2.05, 4.69) is 24.2 Å². The summed E-state index contributed by atoms with van der Waals surface area (Å²) < 4.78 is 0. The molecule has 0 spiro atoms. The second kappa shape index (κ2) is 6.43. The number of aliphatic hydroxyl groups excluding tert-OH is 1. The van der Waals surface area contributed by atoms with E-state index in [0.29, 0.717) is 12.5 Å². The lowest BCUT2D eigenvalue weighted by atomic mass is 10.2. The third-order valence-corrected chi connectivity index (χ3v) is 4.03. The molecule has 14 heavy (non-hydrogen) atoms. The second-order valence-electron chi connectivity index (χ2n) is 3.46. The Morgan fingerprint density at radius 1 is 1.57 bits per heavy atom. The molecule has 0 aliphatic heterocycles. The van der Waals surface area contributed by atoms with E-state index in [9.17, 15) is 0 Å². The van der Waals surface area contributed by atoms with E-state index in [-0.39, 0.29) is 0 Å². The van der Waals surface area contributed by atoms with Gasteiger partial charge in [-0.25, -0.2) is 4.98 Å². The number of aromatic nitrogens is 1. The minimum atomic E-state index is 0.293. The highest BCUT2D eigenvalue weighted by Crippen LogP contribution is 2.21. The molecule has 1 aromatic rings. The van der Waals surface area contributed by atoms with Crippen LogP contribution in [0.15, 0.2) is 5.38 Å². The van der Waals surface area contributed by atoms with Crippen LogP contribution in [0, 0.1) is 0 Å². The van der Waals surface area contributed by atoms with E-state index >= 15 is 0 Å². The van der Waals surface area contributed by atoms with Gasteiger partial charge in [-0.3, -0.25) is 0 Å². The molecule has 80 valence electrons. The average molecular weight is 231 g/mol. The first-order chi connectivity index (χ1) is 6.74. The first kappa shape index (κ1) is 12.0. The van der Waals surface area contributed by atoms with Crippen molar-refractivity contribution in [3.63, 3.8) is 0 Å². The van der Waals surface area contributed by atoms with Crippen LogP contribution in [0.5, 0.6) is 0 Å². The molecule has 0 fully saturated rings. The molecule has 0 aliphatic carbocycles. The molecule has 0 atom stereocenters. The molecule has 0 aliphatic rings. The highest BCUT2D eigenvalue weighted by Gasteiger charge is 2.05. The van der Waals surface area contributed by atoms with Crippen LogP contribution in [0.4, 0.5) is 0 Å². The van der Waals surface area contributed by atoms with Crippen molar-refractivity contribution in [3.8, 4) is 0 Å². The monoisotopic (exact) mass is 231 g/mol. The molecule has 0 amide bonds. The molecular formula is C10H17NOS2. The molecule has 1 aromatic heterocycles. The normalized spacial score (nSPS) is 11.1. The van der Waals surface area contributed by atoms with Crippen LogP contribution in [0.25, 0.3) is 0 Å². The first-order valence-electron chi connectivity index (χ1n) is 4.87. The van der Waals surface area contributed by atoms with Gasteiger partial charge in [0.05, 0.1) is 10.7 Å². The lowest BCUT2D eigenvalue weighted by molar-refractivity contribution is 0.296. The van der Waals surface area contributed by atoms with Gasteiger partial charge in [-0.05, 0) is 12.2 Å². The van der Waals surface area contributed by atoms with Gasteiger partial charge in [-0.2, -0.15) is 11.8 Å². The Morgan fingerprint density at radius 2 is 2.36 bits per heavy atom. The number of aliphatic hydroxyl groups is 1. The molecule has 0 radical (unpaired) electrons. The Morgan fingerprint density at radius 3 is 2.93 bits per heavy atom. The van der Waals surface area contributed by atoms with Gasteiger partial charge in [0, 0.05) is 23.7 Å². The van der Waals surface area contributed by atoms with Crippen LogP contribution in [0.1, 0.15) is 36.9 Å². The van der Waals surface area contributed by atoms with Crippen LogP contribution in [-0.2, 0) is 5.75 Å². The highest BCUT2D eigenvalue weighted by atomic mass is 32.2. The van der Waals surface area contributed by atoms with E-state index in [4.69, 9.17) is 5.11 Å². The third kappa shape index (κ3) is 3.98. The lowest BCUT2D eigenvalue weighted by Gasteiger charge is -1.98. The van der Waals surface area contributed by atoms with Gasteiger partial charge in [0.25, 0.3) is 0 Å². The molecule has 0 saturated carbocycles. The quantitative estimate of drug-likeness (QED) is 0.764. The second-order valence-corrected chi connectivity index (χ2v) is 5.46. The van der Waals surface area contributed by atoms with Gasteiger partial charge in [0.15, 0.2) is 0 Å². The molecule has 0 unspecified atom stereocenters. The molecule has 0 saturated heterocycles. The number of rotatable bonds is 6. The largest absolute Gasteiger partial charge is 0.396 e. The minimum Gasteiger partial charge on any atom is -0.396 e. The maximum Gasteiger partial charge on any atom is 0.0954 e. The summed E-state index contributed by atoms with van der Waals surface area (Å²) >= 11 is 3.59. The fourth-order valence-corrected chi connectivity index (χ4v) is 2.77. The van der Waals surface area contributed by atoms with Crippen LogP contribution in [0.3, 0.4) is 0 Å². The molecule has 1 rings (SSSR count). The maximum atomic E-state index is 8.61. The third-order valence-electron chi connectivity index (χ3n) is 1.76. The highest BCUT2D eigenvalue weighted by molar-refractivity contribution is 7.98. The average Bonchev–Trinajstić information content (AvgIpc) is 2.61. The van der Waals surface area contributed by atoms with Gasteiger partial charge in [0.1, 0.15) is 0 Å². The molecule has 0 aromatic carbocycles. The summed E-state index contributed by atoms with van der Waals surface area (Å²) in [5, 5.41) is 12.0. The number of hydrogen-bond donors (Lipinski definition) is 1. The minimum absolute atomic E-state index is 0.293. The Bertz CT molecular complexity index is 260. The summed E-state index contributed by atoms with van der Waals surface area (Å²) in [4.78, 5) is 4.54.